The number of hydrogen-bond acceptors (Lipinski definition) is 1. The summed E-state index contributed by atoms with van der Waals surface area (Å²) in [6, 6.07) is 0. The summed E-state index contributed by atoms with van der Waals surface area (Å²) < 4.78 is 0. The van der Waals surface area contributed by atoms with Gasteiger partial charge in [0.25, 0.3) is 0 Å². The van der Waals surface area contributed by atoms with Crippen LogP contribution in [0.15, 0.2) is 47.1 Å². The van der Waals surface area contributed by atoms with Crippen molar-refractivity contribution in [1.82, 2.24) is 5.32 Å². The maximum atomic E-state index is 4.03. The quantitative estimate of drug-likeness (QED) is 0.646. The molecule has 1 nitrogen and oxygen atoms in total. The summed E-state index contributed by atoms with van der Waals surface area (Å²) in [5.74, 6) is 0.622. The first-order chi connectivity index (χ1) is 8.47. The van der Waals surface area contributed by atoms with E-state index in [-0.39, 0.29) is 0 Å². The molecule has 0 radical (unpaired) electrons. The fourth-order valence-corrected chi connectivity index (χ4v) is 1.79. The highest BCUT2D eigenvalue weighted by Crippen LogP contribution is 2.24. The molecular formula is C17H29N. The summed E-state index contributed by atoms with van der Waals surface area (Å²) in [5.41, 5.74) is 5.25. The van der Waals surface area contributed by atoms with Gasteiger partial charge in [0.05, 0.1) is 0 Å². The van der Waals surface area contributed by atoms with E-state index in [1.807, 2.05) is 7.05 Å². The minimum atomic E-state index is 0.622. The molecule has 0 aromatic rings. The van der Waals surface area contributed by atoms with Gasteiger partial charge in [-0.15, -0.1) is 0 Å². The molecule has 18 heavy (non-hydrogen) atoms. The van der Waals surface area contributed by atoms with Gasteiger partial charge in [0.2, 0.25) is 0 Å². The monoisotopic (exact) mass is 247 g/mol. The van der Waals surface area contributed by atoms with Crippen LogP contribution in [-0.2, 0) is 0 Å². The fraction of sp³-hybridized carbons (Fsp3) is 0.529. The van der Waals surface area contributed by atoms with E-state index in [0.29, 0.717) is 5.92 Å². The van der Waals surface area contributed by atoms with E-state index in [0.717, 1.165) is 12.1 Å². The van der Waals surface area contributed by atoms with E-state index in [1.54, 1.807) is 0 Å². The molecule has 1 atom stereocenters. The SMILES string of the molecule is C=C(\C=C/C(C(/C)=C/C)=C(/C)C(C)CC)CNC. The van der Waals surface area contributed by atoms with Crippen molar-refractivity contribution in [1.29, 1.82) is 0 Å². The molecule has 1 N–H and O–H groups in total. The van der Waals surface area contributed by atoms with Gasteiger partial charge in [-0.25, -0.2) is 0 Å². The molecule has 1 heteroatoms. The number of hydrogen-bond donors (Lipinski definition) is 1. The lowest BCUT2D eigenvalue weighted by atomic mass is 9.91. The summed E-state index contributed by atoms with van der Waals surface area (Å²) in [4.78, 5) is 0. The predicted molar refractivity (Wildman–Crippen MR) is 83.8 cm³/mol. The Hall–Kier alpha value is -1.08. The van der Waals surface area contributed by atoms with E-state index in [9.17, 15) is 0 Å². The molecule has 0 aromatic heterocycles. The zero-order chi connectivity index (χ0) is 14.1. The molecule has 0 fully saturated rings. The highest BCUT2D eigenvalue weighted by atomic mass is 14.8. The van der Waals surface area contributed by atoms with Crippen LogP contribution < -0.4 is 5.32 Å². The first kappa shape index (κ1) is 16.9. The first-order valence-electron chi connectivity index (χ1n) is 6.82. The van der Waals surface area contributed by atoms with E-state index in [1.165, 1.54) is 23.1 Å². The zero-order valence-corrected chi connectivity index (χ0v) is 12.9. The van der Waals surface area contributed by atoms with Crippen LogP contribution in [0.2, 0.25) is 0 Å². The number of allylic oxidation sites excluding steroid dienone is 5. The Balaban J connectivity index is 5.21. The third kappa shape index (κ3) is 5.50. The van der Waals surface area contributed by atoms with Crippen molar-refractivity contribution in [2.24, 2.45) is 5.92 Å². The smallest absolute Gasteiger partial charge is 0.0196 e. The normalized spacial score (nSPS) is 15.8. The Bertz CT molecular complexity index is 356. The Morgan fingerprint density at radius 2 is 1.89 bits per heavy atom. The van der Waals surface area contributed by atoms with Gasteiger partial charge in [-0.3, -0.25) is 0 Å². The zero-order valence-electron chi connectivity index (χ0n) is 12.9. The lowest BCUT2D eigenvalue weighted by molar-refractivity contribution is 0.651. The third-order valence-electron chi connectivity index (χ3n) is 3.52. The Morgan fingerprint density at radius 1 is 1.28 bits per heavy atom. The van der Waals surface area contributed by atoms with Crippen LogP contribution in [0.3, 0.4) is 0 Å². The minimum Gasteiger partial charge on any atom is -0.316 e. The lowest BCUT2D eigenvalue weighted by Gasteiger charge is -2.15. The molecule has 0 heterocycles. The van der Waals surface area contributed by atoms with Crippen molar-refractivity contribution in [3.63, 3.8) is 0 Å². The Kier molecular flexibility index (Phi) is 8.40. The van der Waals surface area contributed by atoms with Gasteiger partial charge >= 0.3 is 0 Å². The van der Waals surface area contributed by atoms with Crippen LogP contribution in [0, 0.1) is 5.92 Å². The van der Waals surface area contributed by atoms with Gasteiger partial charge in [-0.05, 0) is 56.9 Å². The molecule has 0 bridgehead atoms. The van der Waals surface area contributed by atoms with E-state index >= 15 is 0 Å². The number of nitrogens with one attached hydrogen (secondary N) is 1. The van der Waals surface area contributed by atoms with Crippen molar-refractivity contribution in [2.45, 2.75) is 41.0 Å². The van der Waals surface area contributed by atoms with E-state index in [4.69, 9.17) is 0 Å². The summed E-state index contributed by atoms with van der Waals surface area (Å²) in [6.07, 6.45) is 7.67. The largest absolute Gasteiger partial charge is 0.316 e. The molecule has 1 unspecified atom stereocenters. The summed E-state index contributed by atoms with van der Waals surface area (Å²) in [6.45, 7) is 15.9. The highest BCUT2D eigenvalue weighted by Gasteiger charge is 2.07. The van der Waals surface area contributed by atoms with Gasteiger partial charge < -0.3 is 5.32 Å². The van der Waals surface area contributed by atoms with Gasteiger partial charge in [0.15, 0.2) is 0 Å². The second-order valence-electron chi connectivity index (χ2n) is 4.90. The highest BCUT2D eigenvalue weighted by molar-refractivity contribution is 5.44. The van der Waals surface area contributed by atoms with Crippen LogP contribution in [0.1, 0.15) is 41.0 Å². The van der Waals surface area contributed by atoms with Crippen LogP contribution in [-0.4, -0.2) is 13.6 Å². The molecule has 0 aliphatic heterocycles. The summed E-state index contributed by atoms with van der Waals surface area (Å²) >= 11 is 0. The predicted octanol–water partition coefficient (Wildman–Crippen LogP) is 4.65. The summed E-state index contributed by atoms with van der Waals surface area (Å²) in [7, 11) is 1.94. The van der Waals surface area contributed by atoms with Crippen LogP contribution in [0.25, 0.3) is 0 Å². The molecule has 0 aromatic carbocycles. The van der Waals surface area contributed by atoms with Crippen LogP contribution >= 0.6 is 0 Å². The lowest BCUT2D eigenvalue weighted by Crippen LogP contribution is -2.08. The molecule has 0 saturated heterocycles. The second kappa shape index (κ2) is 8.93. The van der Waals surface area contributed by atoms with Crippen molar-refractivity contribution in [3.8, 4) is 0 Å². The van der Waals surface area contributed by atoms with Crippen molar-refractivity contribution in [3.05, 3.63) is 47.1 Å². The molecular weight excluding hydrogens is 218 g/mol. The van der Waals surface area contributed by atoms with Crippen molar-refractivity contribution < 1.29 is 0 Å². The van der Waals surface area contributed by atoms with Gasteiger partial charge in [-0.1, -0.05) is 44.2 Å². The average Bonchev–Trinajstić information content (AvgIpc) is 2.37. The molecule has 0 aliphatic rings. The van der Waals surface area contributed by atoms with Crippen molar-refractivity contribution >= 4 is 0 Å². The molecule has 0 amide bonds. The summed E-state index contributed by atoms with van der Waals surface area (Å²) in [5, 5.41) is 3.12. The standard InChI is InChI=1S/C17H29N/c1-8-14(4)16(6)17(15(5)9-2)11-10-13(3)12-18-7/h9-11,14,18H,3,8,12H2,1-2,4-7H3/b11-10-,15-9+,17-16+. The second-order valence-corrected chi connectivity index (χ2v) is 4.90. The van der Waals surface area contributed by atoms with Gasteiger partial charge in [0.1, 0.15) is 0 Å². The average molecular weight is 247 g/mol. The third-order valence-corrected chi connectivity index (χ3v) is 3.52. The maximum absolute atomic E-state index is 4.03. The number of likely N-dealkylation sites (N-methyl/N-ethyl adjacent to an activating group) is 1. The minimum absolute atomic E-state index is 0.622. The molecule has 0 saturated carbocycles. The topological polar surface area (TPSA) is 12.0 Å². The van der Waals surface area contributed by atoms with E-state index in [2.05, 4.69) is 64.7 Å². The van der Waals surface area contributed by atoms with E-state index < -0.39 is 0 Å². The van der Waals surface area contributed by atoms with Crippen LogP contribution in [0.5, 0.6) is 0 Å². The van der Waals surface area contributed by atoms with Gasteiger partial charge in [-0.2, -0.15) is 0 Å². The molecule has 0 spiro atoms. The molecule has 0 aliphatic carbocycles. The fourth-order valence-electron chi connectivity index (χ4n) is 1.79. The van der Waals surface area contributed by atoms with Crippen molar-refractivity contribution in [2.75, 3.05) is 13.6 Å². The Labute approximate surface area is 113 Å². The molecule has 0 rings (SSSR count). The number of rotatable bonds is 7. The first-order valence-corrected chi connectivity index (χ1v) is 6.82. The van der Waals surface area contributed by atoms with Gasteiger partial charge in [0, 0.05) is 6.54 Å². The maximum Gasteiger partial charge on any atom is 0.0196 e. The van der Waals surface area contributed by atoms with Crippen LogP contribution in [0.4, 0.5) is 0 Å². The Morgan fingerprint density at radius 3 is 2.33 bits per heavy atom. The molecule has 102 valence electrons.